The van der Waals surface area contributed by atoms with Crippen molar-refractivity contribution in [3.63, 3.8) is 0 Å². The zero-order chi connectivity index (χ0) is 19.5. The Morgan fingerprint density at radius 1 is 0.593 bits per heavy atom. The quantitative estimate of drug-likeness (QED) is 0.313. The van der Waals surface area contributed by atoms with E-state index in [0.29, 0.717) is 35.5 Å². The summed E-state index contributed by atoms with van der Waals surface area (Å²) in [5.41, 5.74) is 1.10. The van der Waals surface area contributed by atoms with Crippen LogP contribution in [0, 0.1) is 0 Å². The molecule has 0 saturated carbocycles. The standard InChI is InChI=1S/C22H22O4S/c23-19(15-21(25)17-7-3-1-4-8-17)11-13-27-14-12-20(24)16-22(26)18-9-5-2-6-10-18/h1-10H,11-16H2. The van der Waals surface area contributed by atoms with Crippen LogP contribution in [0.4, 0.5) is 0 Å². The van der Waals surface area contributed by atoms with Crippen LogP contribution in [0.3, 0.4) is 0 Å². The van der Waals surface area contributed by atoms with E-state index in [1.807, 2.05) is 12.1 Å². The number of thioether (sulfide) groups is 1. The first-order chi connectivity index (χ1) is 13.1. The van der Waals surface area contributed by atoms with Gasteiger partial charge < -0.3 is 0 Å². The van der Waals surface area contributed by atoms with E-state index in [-0.39, 0.29) is 36.0 Å². The van der Waals surface area contributed by atoms with Gasteiger partial charge in [-0.05, 0) is 0 Å². The second-order valence-electron chi connectivity index (χ2n) is 6.12. The van der Waals surface area contributed by atoms with Crippen molar-refractivity contribution in [3.8, 4) is 0 Å². The molecule has 0 fully saturated rings. The molecular formula is C22H22O4S. The molecule has 0 aliphatic heterocycles. The molecule has 5 heteroatoms. The van der Waals surface area contributed by atoms with Crippen LogP contribution in [-0.2, 0) is 9.59 Å². The van der Waals surface area contributed by atoms with E-state index >= 15 is 0 Å². The highest BCUT2D eigenvalue weighted by Gasteiger charge is 2.13. The maximum atomic E-state index is 11.9. The summed E-state index contributed by atoms with van der Waals surface area (Å²) in [4.78, 5) is 47.7. The van der Waals surface area contributed by atoms with E-state index in [1.165, 1.54) is 11.8 Å². The maximum Gasteiger partial charge on any atom is 0.170 e. The Labute approximate surface area is 163 Å². The predicted molar refractivity (Wildman–Crippen MR) is 107 cm³/mol. The number of Topliss-reactive ketones (excluding diaryl/α,β-unsaturated/α-hetero) is 4. The van der Waals surface area contributed by atoms with Crippen LogP contribution in [0.25, 0.3) is 0 Å². The molecule has 0 bridgehead atoms. The summed E-state index contributed by atoms with van der Waals surface area (Å²) in [5, 5.41) is 0. The Morgan fingerprint density at radius 3 is 1.33 bits per heavy atom. The highest BCUT2D eigenvalue weighted by molar-refractivity contribution is 7.99. The van der Waals surface area contributed by atoms with E-state index < -0.39 is 0 Å². The lowest BCUT2D eigenvalue weighted by Gasteiger charge is -2.03. The van der Waals surface area contributed by atoms with Crippen LogP contribution < -0.4 is 0 Å². The SMILES string of the molecule is O=C(CCSCCC(=O)CC(=O)c1ccccc1)CC(=O)c1ccccc1. The molecule has 0 amide bonds. The maximum absolute atomic E-state index is 11.9. The summed E-state index contributed by atoms with van der Waals surface area (Å²) < 4.78 is 0. The van der Waals surface area contributed by atoms with Crippen LogP contribution in [0.2, 0.25) is 0 Å². The fraction of sp³-hybridized carbons (Fsp3) is 0.273. The molecule has 0 heterocycles. The number of benzene rings is 2. The lowest BCUT2D eigenvalue weighted by atomic mass is 10.1. The molecule has 0 aromatic heterocycles. The number of carbonyl (C=O) groups is 4. The number of hydrogen-bond donors (Lipinski definition) is 0. The lowest BCUT2D eigenvalue weighted by Crippen LogP contribution is -2.10. The van der Waals surface area contributed by atoms with Crippen molar-refractivity contribution in [1.82, 2.24) is 0 Å². The van der Waals surface area contributed by atoms with Gasteiger partial charge in [-0.1, -0.05) is 60.7 Å². The fourth-order valence-corrected chi connectivity index (χ4v) is 3.41. The molecular weight excluding hydrogens is 360 g/mol. The fourth-order valence-electron chi connectivity index (χ4n) is 2.46. The normalized spacial score (nSPS) is 10.4. The molecule has 0 aliphatic carbocycles. The van der Waals surface area contributed by atoms with Crippen molar-refractivity contribution in [2.75, 3.05) is 11.5 Å². The molecule has 0 aliphatic rings. The zero-order valence-corrected chi connectivity index (χ0v) is 15.9. The Kier molecular flexibility index (Phi) is 8.65. The van der Waals surface area contributed by atoms with Gasteiger partial charge in [0.1, 0.15) is 11.6 Å². The molecule has 0 radical (unpaired) electrons. The third-order valence-electron chi connectivity index (χ3n) is 3.96. The van der Waals surface area contributed by atoms with Gasteiger partial charge in [-0.2, -0.15) is 11.8 Å². The minimum Gasteiger partial charge on any atom is -0.299 e. The molecule has 140 valence electrons. The minimum absolute atomic E-state index is 0.0882. The topological polar surface area (TPSA) is 68.3 Å². The number of carbonyl (C=O) groups excluding carboxylic acids is 4. The molecule has 0 saturated heterocycles. The molecule has 0 atom stereocenters. The molecule has 2 aromatic carbocycles. The Bertz CT molecular complexity index is 717. The van der Waals surface area contributed by atoms with Crippen molar-refractivity contribution >= 4 is 34.9 Å². The summed E-state index contributed by atoms with van der Waals surface area (Å²) >= 11 is 1.49. The largest absolute Gasteiger partial charge is 0.299 e. The van der Waals surface area contributed by atoms with Gasteiger partial charge in [0.25, 0.3) is 0 Å². The van der Waals surface area contributed by atoms with E-state index in [4.69, 9.17) is 0 Å². The van der Waals surface area contributed by atoms with Crippen molar-refractivity contribution < 1.29 is 19.2 Å². The average molecular weight is 382 g/mol. The first-order valence-corrected chi connectivity index (χ1v) is 9.99. The summed E-state index contributed by atoms with van der Waals surface area (Å²) in [5.74, 6) is 0.617. The first kappa shape index (κ1) is 20.8. The Hall–Kier alpha value is -2.53. The average Bonchev–Trinajstić information content (AvgIpc) is 2.69. The molecule has 0 unspecified atom stereocenters. The zero-order valence-electron chi connectivity index (χ0n) is 15.1. The van der Waals surface area contributed by atoms with Crippen molar-refractivity contribution in [2.45, 2.75) is 25.7 Å². The minimum atomic E-state index is -0.166. The van der Waals surface area contributed by atoms with Gasteiger partial charge in [0.15, 0.2) is 11.6 Å². The van der Waals surface area contributed by atoms with Gasteiger partial charge in [0, 0.05) is 35.5 Å². The highest BCUT2D eigenvalue weighted by atomic mass is 32.2. The van der Waals surface area contributed by atoms with Gasteiger partial charge >= 0.3 is 0 Å². The summed E-state index contributed by atoms with van der Waals surface area (Å²) in [7, 11) is 0. The second kappa shape index (κ2) is 11.2. The van der Waals surface area contributed by atoms with Crippen LogP contribution in [-0.4, -0.2) is 34.6 Å². The van der Waals surface area contributed by atoms with Crippen molar-refractivity contribution in [1.29, 1.82) is 0 Å². The monoisotopic (exact) mass is 382 g/mol. The van der Waals surface area contributed by atoms with E-state index in [9.17, 15) is 19.2 Å². The Balaban J connectivity index is 1.58. The summed E-state index contributed by atoms with van der Waals surface area (Å²) in [6.45, 7) is 0. The highest BCUT2D eigenvalue weighted by Crippen LogP contribution is 2.11. The van der Waals surface area contributed by atoms with Gasteiger partial charge in [-0.15, -0.1) is 0 Å². The van der Waals surface area contributed by atoms with Gasteiger partial charge in [0.05, 0.1) is 12.8 Å². The Morgan fingerprint density at radius 2 is 0.963 bits per heavy atom. The van der Waals surface area contributed by atoms with Crippen LogP contribution in [0.5, 0.6) is 0 Å². The second-order valence-corrected chi connectivity index (χ2v) is 7.35. The van der Waals surface area contributed by atoms with Crippen LogP contribution >= 0.6 is 11.8 Å². The molecule has 27 heavy (non-hydrogen) atoms. The number of rotatable bonds is 12. The van der Waals surface area contributed by atoms with Gasteiger partial charge in [-0.25, -0.2) is 0 Å². The van der Waals surface area contributed by atoms with Gasteiger partial charge in [0.2, 0.25) is 0 Å². The van der Waals surface area contributed by atoms with E-state index in [1.54, 1.807) is 48.5 Å². The smallest absolute Gasteiger partial charge is 0.170 e. The van der Waals surface area contributed by atoms with Crippen molar-refractivity contribution in [2.24, 2.45) is 0 Å². The summed E-state index contributed by atoms with van der Waals surface area (Å²) in [6, 6.07) is 17.5. The van der Waals surface area contributed by atoms with Gasteiger partial charge in [-0.3, -0.25) is 19.2 Å². The molecule has 0 spiro atoms. The third kappa shape index (κ3) is 7.71. The third-order valence-corrected chi connectivity index (χ3v) is 4.94. The molecule has 2 rings (SSSR count). The van der Waals surface area contributed by atoms with Crippen LogP contribution in [0.1, 0.15) is 46.4 Å². The van der Waals surface area contributed by atoms with E-state index in [0.717, 1.165) is 0 Å². The molecule has 4 nitrogen and oxygen atoms in total. The molecule has 0 N–H and O–H groups in total. The summed E-state index contributed by atoms with van der Waals surface area (Å²) in [6.07, 6.45) is 0.435. The van der Waals surface area contributed by atoms with E-state index in [2.05, 4.69) is 0 Å². The number of hydrogen-bond acceptors (Lipinski definition) is 5. The number of ketones is 4. The lowest BCUT2D eigenvalue weighted by molar-refractivity contribution is -0.118. The van der Waals surface area contributed by atoms with Crippen molar-refractivity contribution in [3.05, 3.63) is 71.8 Å². The first-order valence-electron chi connectivity index (χ1n) is 8.84. The predicted octanol–water partition coefficient (Wildman–Crippen LogP) is 4.18. The van der Waals surface area contributed by atoms with Crippen LogP contribution in [0.15, 0.2) is 60.7 Å². The molecule has 2 aromatic rings.